The summed E-state index contributed by atoms with van der Waals surface area (Å²) in [6.45, 7) is 3.89. The Balaban J connectivity index is 2.12. The molecule has 0 saturated heterocycles. The molecule has 1 amide bonds. The Morgan fingerprint density at radius 1 is 1.22 bits per heavy atom. The fourth-order valence-electron chi connectivity index (χ4n) is 1.92. The second-order valence-electron chi connectivity index (χ2n) is 4.98. The number of halogens is 1. The van der Waals surface area contributed by atoms with Crippen LogP contribution in [0.4, 0.5) is 0 Å². The maximum absolute atomic E-state index is 12.0. The first-order valence-electron chi connectivity index (χ1n) is 6.71. The van der Waals surface area contributed by atoms with E-state index in [0.29, 0.717) is 5.02 Å². The lowest BCUT2D eigenvalue weighted by molar-refractivity contribution is -0.114. The van der Waals surface area contributed by atoms with Crippen LogP contribution in [-0.2, 0) is 14.8 Å². The first kappa shape index (κ1) is 17.2. The second kappa shape index (κ2) is 6.93. The number of nitrogens with zero attached hydrogens (tertiary/aromatic N) is 1. The maximum Gasteiger partial charge on any atom is 0.281 e. The van der Waals surface area contributed by atoms with E-state index in [1.807, 2.05) is 36.8 Å². The van der Waals surface area contributed by atoms with Crippen molar-refractivity contribution in [1.82, 2.24) is 9.71 Å². The van der Waals surface area contributed by atoms with Gasteiger partial charge in [-0.1, -0.05) is 35.4 Å². The molecule has 5 nitrogen and oxygen atoms in total. The molecule has 7 heteroatoms. The topological polar surface area (TPSA) is 76.1 Å². The van der Waals surface area contributed by atoms with Gasteiger partial charge in [-0.15, -0.1) is 0 Å². The molecule has 2 rings (SSSR count). The third-order valence-electron chi connectivity index (χ3n) is 3.05. The van der Waals surface area contributed by atoms with Gasteiger partial charge >= 0.3 is 0 Å². The SMILES string of the molecule is Cc1ccc(/C=C/C(=O)NS(=O)(=O)c2ccc(Cl)cn2)c(C)c1. The Kier molecular flexibility index (Phi) is 5.18. The van der Waals surface area contributed by atoms with Gasteiger partial charge in [-0.05, 0) is 43.2 Å². The molecule has 0 unspecified atom stereocenters. The van der Waals surface area contributed by atoms with Crippen molar-refractivity contribution in [2.24, 2.45) is 0 Å². The van der Waals surface area contributed by atoms with Gasteiger partial charge in [0.15, 0.2) is 5.03 Å². The number of sulfonamides is 1. The monoisotopic (exact) mass is 350 g/mol. The number of carbonyl (C=O) groups excluding carboxylic acids is 1. The number of rotatable bonds is 4. The van der Waals surface area contributed by atoms with E-state index in [1.165, 1.54) is 24.4 Å². The normalized spacial score (nSPS) is 11.6. The number of benzene rings is 1. The van der Waals surface area contributed by atoms with Crippen LogP contribution in [-0.4, -0.2) is 19.3 Å². The van der Waals surface area contributed by atoms with Crippen molar-refractivity contribution in [1.29, 1.82) is 0 Å². The highest BCUT2D eigenvalue weighted by atomic mass is 35.5. The Morgan fingerprint density at radius 2 is 1.96 bits per heavy atom. The van der Waals surface area contributed by atoms with Gasteiger partial charge in [-0.2, -0.15) is 8.42 Å². The summed E-state index contributed by atoms with van der Waals surface area (Å²) in [5.41, 5.74) is 2.95. The Morgan fingerprint density at radius 3 is 2.57 bits per heavy atom. The number of aryl methyl sites for hydroxylation is 2. The predicted octanol–water partition coefficient (Wildman–Crippen LogP) is 2.87. The lowest BCUT2D eigenvalue weighted by atomic mass is 10.1. The Bertz CT molecular complexity index is 859. The van der Waals surface area contributed by atoms with Crippen LogP contribution in [0.25, 0.3) is 6.08 Å². The van der Waals surface area contributed by atoms with Gasteiger partial charge in [0.1, 0.15) is 0 Å². The van der Waals surface area contributed by atoms with E-state index in [-0.39, 0.29) is 5.03 Å². The van der Waals surface area contributed by atoms with E-state index in [1.54, 1.807) is 6.08 Å². The lowest BCUT2D eigenvalue weighted by Crippen LogP contribution is -2.29. The summed E-state index contributed by atoms with van der Waals surface area (Å²) in [6, 6.07) is 8.37. The molecule has 1 N–H and O–H groups in total. The first-order valence-corrected chi connectivity index (χ1v) is 8.58. The minimum atomic E-state index is -4.02. The van der Waals surface area contributed by atoms with Gasteiger partial charge in [0.25, 0.3) is 15.9 Å². The van der Waals surface area contributed by atoms with Gasteiger partial charge in [0.05, 0.1) is 5.02 Å². The summed E-state index contributed by atoms with van der Waals surface area (Å²) in [5.74, 6) is -0.748. The highest BCUT2D eigenvalue weighted by Gasteiger charge is 2.17. The lowest BCUT2D eigenvalue weighted by Gasteiger charge is -2.04. The number of aromatic nitrogens is 1. The molecule has 2 aromatic rings. The number of pyridine rings is 1. The molecule has 0 aliphatic rings. The van der Waals surface area contributed by atoms with Crippen LogP contribution in [0.1, 0.15) is 16.7 Å². The number of amides is 1. The molecular weight excluding hydrogens is 336 g/mol. The van der Waals surface area contributed by atoms with E-state index in [2.05, 4.69) is 4.98 Å². The van der Waals surface area contributed by atoms with Crippen molar-refractivity contribution in [2.45, 2.75) is 18.9 Å². The molecule has 0 aliphatic heterocycles. The zero-order chi connectivity index (χ0) is 17.0. The van der Waals surface area contributed by atoms with Gasteiger partial charge in [-0.25, -0.2) is 9.71 Å². The molecule has 0 atom stereocenters. The molecule has 1 aromatic heterocycles. The van der Waals surface area contributed by atoms with Gasteiger partial charge in [0.2, 0.25) is 0 Å². The molecule has 1 heterocycles. The van der Waals surface area contributed by atoms with Crippen LogP contribution in [0.15, 0.2) is 47.6 Å². The van der Waals surface area contributed by atoms with Crippen LogP contribution in [0.2, 0.25) is 5.02 Å². The number of hydrogen-bond donors (Lipinski definition) is 1. The van der Waals surface area contributed by atoms with Crippen molar-refractivity contribution < 1.29 is 13.2 Å². The largest absolute Gasteiger partial charge is 0.281 e. The highest BCUT2D eigenvalue weighted by Crippen LogP contribution is 2.13. The van der Waals surface area contributed by atoms with E-state index in [4.69, 9.17) is 11.6 Å². The van der Waals surface area contributed by atoms with Gasteiger partial charge in [-0.3, -0.25) is 4.79 Å². The number of nitrogens with one attached hydrogen (secondary N) is 1. The molecule has 0 saturated carbocycles. The summed E-state index contributed by atoms with van der Waals surface area (Å²) < 4.78 is 25.9. The summed E-state index contributed by atoms with van der Waals surface area (Å²) >= 11 is 5.66. The van der Waals surface area contributed by atoms with Crippen molar-refractivity contribution in [3.63, 3.8) is 0 Å². The van der Waals surface area contributed by atoms with Gasteiger partial charge < -0.3 is 0 Å². The van der Waals surface area contributed by atoms with Crippen molar-refractivity contribution >= 4 is 33.6 Å². The molecule has 23 heavy (non-hydrogen) atoms. The highest BCUT2D eigenvalue weighted by molar-refractivity contribution is 7.90. The third kappa shape index (κ3) is 4.64. The summed E-state index contributed by atoms with van der Waals surface area (Å²) in [4.78, 5) is 15.5. The second-order valence-corrected chi connectivity index (χ2v) is 7.04. The minimum absolute atomic E-state index is 0.268. The average molecular weight is 351 g/mol. The summed E-state index contributed by atoms with van der Waals surface area (Å²) in [7, 11) is -4.02. The zero-order valence-corrected chi connectivity index (χ0v) is 14.1. The molecule has 0 aliphatic carbocycles. The molecule has 0 radical (unpaired) electrons. The third-order valence-corrected chi connectivity index (χ3v) is 4.54. The van der Waals surface area contributed by atoms with E-state index in [0.717, 1.165) is 16.7 Å². The standard InChI is InChI=1S/C16H15ClN2O3S/c1-11-3-4-13(12(2)9-11)5-7-15(20)19-23(21,22)16-8-6-14(17)10-18-16/h3-10H,1-2H3,(H,19,20)/b7-5+. The van der Waals surface area contributed by atoms with Crippen molar-refractivity contribution in [3.8, 4) is 0 Å². The van der Waals surface area contributed by atoms with Gasteiger partial charge in [0, 0.05) is 12.3 Å². The fraction of sp³-hybridized carbons (Fsp3) is 0.125. The molecule has 120 valence electrons. The van der Waals surface area contributed by atoms with E-state index < -0.39 is 15.9 Å². The van der Waals surface area contributed by atoms with Crippen LogP contribution in [0.3, 0.4) is 0 Å². The number of carbonyl (C=O) groups is 1. The zero-order valence-electron chi connectivity index (χ0n) is 12.6. The van der Waals surface area contributed by atoms with Crippen molar-refractivity contribution in [2.75, 3.05) is 0 Å². The smallest absolute Gasteiger partial charge is 0.269 e. The molecular formula is C16H15ClN2O3S. The molecule has 0 bridgehead atoms. The average Bonchev–Trinajstić information content (AvgIpc) is 2.46. The summed E-state index contributed by atoms with van der Waals surface area (Å²) in [6.07, 6.45) is 3.94. The quantitative estimate of drug-likeness (QED) is 0.860. The molecule has 0 fully saturated rings. The van der Waals surface area contributed by atoms with Crippen LogP contribution in [0.5, 0.6) is 0 Å². The maximum atomic E-state index is 12.0. The van der Waals surface area contributed by atoms with Crippen LogP contribution in [0, 0.1) is 13.8 Å². The van der Waals surface area contributed by atoms with E-state index in [9.17, 15) is 13.2 Å². The predicted molar refractivity (Wildman–Crippen MR) is 89.5 cm³/mol. The van der Waals surface area contributed by atoms with Crippen LogP contribution < -0.4 is 4.72 Å². The van der Waals surface area contributed by atoms with Crippen LogP contribution >= 0.6 is 11.6 Å². The fourth-order valence-corrected chi connectivity index (χ4v) is 2.91. The minimum Gasteiger partial charge on any atom is -0.269 e. The Labute approximate surface area is 140 Å². The first-order chi connectivity index (χ1) is 10.8. The molecule has 0 spiro atoms. The van der Waals surface area contributed by atoms with E-state index >= 15 is 0 Å². The van der Waals surface area contributed by atoms with Crippen molar-refractivity contribution in [3.05, 3.63) is 64.3 Å². The summed E-state index contributed by atoms with van der Waals surface area (Å²) in [5, 5.41) is 0.0418. The number of hydrogen-bond acceptors (Lipinski definition) is 4. The Hall–Kier alpha value is -2.18. The molecule has 1 aromatic carbocycles.